The maximum Gasteiger partial charge on any atom is 0.336 e. The van der Waals surface area contributed by atoms with E-state index < -0.39 is 11.9 Å². The van der Waals surface area contributed by atoms with Crippen molar-refractivity contribution in [1.82, 2.24) is 14.0 Å². The minimum atomic E-state index is -0.453. The number of carbonyl (C=O) groups is 1. The first-order valence-corrected chi connectivity index (χ1v) is 10.5. The number of imidazole rings is 1. The maximum atomic E-state index is 13.4. The number of benzene rings is 3. The van der Waals surface area contributed by atoms with Gasteiger partial charge in [0.25, 0.3) is 5.91 Å². The summed E-state index contributed by atoms with van der Waals surface area (Å²) in [5.74, 6) is -0.899. The van der Waals surface area contributed by atoms with Crippen LogP contribution in [0.1, 0.15) is 40.1 Å². The smallest absolute Gasteiger partial charge is 0.336 e. The van der Waals surface area contributed by atoms with E-state index in [1.165, 1.54) is 28.8 Å². The van der Waals surface area contributed by atoms with Crippen molar-refractivity contribution in [2.75, 3.05) is 6.54 Å². The second kappa shape index (κ2) is 6.81. The van der Waals surface area contributed by atoms with Crippen LogP contribution in [0.2, 0.25) is 0 Å². The van der Waals surface area contributed by atoms with Crippen LogP contribution >= 0.6 is 0 Å². The SMILES string of the molecule is N#Cc1ccc(-n2c(O)c3n(c2=O)[C@H]2C[C@@H]3N(C(=O)c3ccc(F)cc3)C2)c2ccccc12. The number of amides is 1. The van der Waals surface area contributed by atoms with Crippen molar-refractivity contribution in [2.45, 2.75) is 18.5 Å². The third-order valence-corrected chi connectivity index (χ3v) is 6.67. The molecule has 4 aromatic rings. The molecule has 1 aromatic heterocycles. The summed E-state index contributed by atoms with van der Waals surface area (Å²) in [7, 11) is 0. The van der Waals surface area contributed by atoms with Crippen LogP contribution in [0, 0.1) is 17.1 Å². The van der Waals surface area contributed by atoms with Gasteiger partial charge in [0.05, 0.1) is 29.4 Å². The molecule has 0 unspecified atom stereocenters. The molecule has 2 aliphatic rings. The van der Waals surface area contributed by atoms with Gasteiger partial charge < -0.3 is 10.0 Å². The van der Waals surface area contributed by atoms with Gasteiger partial charge in [-0.1, -0.05) is 24.3 Å². The molecule has 6 rings (SSSR count). The van der Waals surface area contributed by atoms with Crippen molar-refractivity contribution < 1.29 is 14.3 Å². The van der Waals surface area contributed by atoms with Gasteiger partial charge in [-0.2, -0.15) is 5.26 Å². The van der Waals surface area contributed by atoms with Gasteiger partial charge in [-0.15, -0.1) is 0 Å². The molecular formula is C25H17FN4O3. The van der Waals surface area contributed by atoms with Crippen molar-refractivity contribution in [3.63, 3.8) is 0 Å². The predicted octanol–water partition coefficient (Wildman–Crippen LogP) is 3.65. The molecule has 1 fully saturated rings. The highest BCUT2D eigenvalue weighted by molar-refractivity contribution is 5.95. The molecule has 2 atom stereocenters. The topological polar surface area (TPSA) is 91.3 Å². The van der Waals surface area contributed by atoms with Gasteiger partial charge in [0.15, 0.2) is 0 Å². The predicted molar refractivity (Wildman–Crippen MR) is 118 cm³/mol. The molecule has 1 N–H and O–H groups in total. The van der Waals surface area contributed by atoms with Crippen molar-refractivity contribution in [3.05, 3.63) is 93.8 Å². The lowest BCUT2D eigenvalue weighted by molar-refractivity contribution is 0.0711. The van der Waals surface area contributed by atoms with Gasteiger partial charge in [0, 0.05) is 22.9 Å². The van der Waals surface area contributed by atoms with Crippen LogP contribution in [0.5, 0.6) is 5.88 Å². The van der Waals surface area contributed by atoms with Gasteiger partial charge in [0.1, 0.15) is 11.5 Å². The van der Waals surface area contributed by atoms with E-state index in [2.05, 4.69) is 6.07 Å². The summed E-state index contributed by atoms with van der Waals surface area (Å²) in [4.78, 5) is 28.1. The zero-order valence-corrected chi connectivity index (χ0v) is 17.3. The van der Waals surface area contributed by atoms with Gasteiger partial charge >= 0.3 is 5.69 Å². The molecule has 2 aliphatic heterocycles. The second-order valence-electron chi connectivity index (χ2n) is 8.36. The first-order valence-electron chi connectivity index (χ1n) is 10.5. The van der Waals surface area contributed by atoms with Crippen molar-refractivity contribution >= 4 is 16.7 Å². The first kappa shape index (κ1) is 19.3. The van der Waals surface area contributed by atoms with Crippen LogP contribution in [-0.2, 0) is 0 Å². The number of fused-ring (bicyclic) bond motifs is 6. The van der Waals surface area contributed by atoms with Crippen LogP contribution < -0.4 is 5.69 Å². The van der Waals surface area contributed by atoms with E-state index >= 15 is 0 Å². The van der Waals surface area contributed by atoms with Crippen LogP contribution in [0.3, 0.4) is 0 Å². The lowest BCUT2D eigenvalue weighted by Crippen LogP contribution is -2.37. The number of hydrogen-bond acceptors (Lipinski definition) is 4. The second-order valence-corrected chi connectivity index (χ2v) is 8.36. The molecule has 1 amide bonds. The fraction of sp³-hybridized carbons (Fsp3) is 0.160. The molecule has 33 heavy (non-hydrogen) atoms. The molecular weight excluding hydrogens is 423 g/mol. The lowest BCUT2D eigenvalue weighted by Gasteiger charge is -2.27. The molecule has 3 aromatic carbocycles. The Morgan fingerprint density at radius 3 is 2.52 bits per heavy atom. The molecule has 162 valence electrons. The summed E-state index contributed by atoms with van der Waals surface area (Å²) in [5.41, 5.74) is 1.34. The van der Waals surface area contributed by atoms with E-state index in [4.69, 9.17) is 0 Å². The summed E-state index contributed by atoms with van der Waals surface area (Å²) in [5, 5.41) is 22.0. The highest BCUT2D eigenvalue weighted by Crippen LogP contribution is 2.49. The number of nitriles is 1. The van der Waals surface area contributed by atoms with Crippen LogP contribution in [0.25, 0.3) is 16.5 Å². The summed E-state index contributed by atoms with van der Waals surface area (Å²) in [6, 6.07) is 17.3. The van der Waals surface area contributed by atoms with E-state index in [9.17, 15) is 24.3 Å². The fourth-order valence-electron chi connectivity index (χ4n) is 5.22. The Kier molecular flexibility index (Phi) is 3.98. The maximum absolute atomic E-state index is 13.4. The van der Waals surface area contributed by atoms with Gasteiger partial charge in [-0.05, 0) is 42.8 Å². The molecule has 2 bridgehead atoms. The van der Waals surface area contributed by atoms with E-state index in [0.29, 0.717) is 46.2 Å². The number of aromatic hydroxyl groups is 1. The van der Waals surface area contributed by atoms with E-state index in [-0.39, 0.29) is 23.5 Å². The third-order valence-electron chi connectivity index (χ3n) is 6.67. The lowest BCUT2D eigenvalue weighted by atomic mass is 10.0. The molecule has 7 nitrogen and oxygen atoms in total. The van der Waals surface area contributed by atoms with E-state index in [1.54, 1.807) is 33.7 Å². The van der Waals surface area contributed by atoms with Crippen molar-refractivity contribution in [3.8, 4) is 17.6 Å². The molecule has 1 saturated heterocycles. The van der Waals surface area contributed by atoms with Gasteiger partial charge in [0.2, 0.25) is 5.88 Å². The molecule has 0 spiro atoms. The summed E-state index contributed by atoms with van der Waals surface area (Å²) in [6.07, 6.45) is 0.542. The number of halogens is 1. The normalized spacial score (nSPS) is 18.5. The molecule has 0 aliphatic carbocycles. The Labute approximate surface area is 187 Å². The standard InChI is InChI=1S/C25H17FN4O3/c26-16-8-5-14(6-9-16)23(31)28-13-17-11-21(28)22-24(32)30(25(33)29(17)22)20-10-7-15(12-27)18-3-1-2-4-19(18)20/h1-10,17,21,32H,11,13H2/t17-,21-/m0/s1. The quantitative estimate of drug-likeness (QED) is 0.515. The van der Waals surface area contributed by atoms with Crippen LogP contribution in [0.4, 0.5) is 4.39 Å². The van der Waals surface area contributed by atoms with Gasteiger partial charge in [-0.25, -0.2) is 13.8 Å². The zero-order chi connectivity index (χ0) is 22.9. The Bertz CT molecular complexity index is 1560. The van der Waals surface area contributed by atoms with Crippen molar-refractivity contribution in [2.24, 2.45) is 0 Å². The first-order chi connectivity index (χ1) is 16.0. The van der Waals surface area contributed by atoms with E-state index in [1.807, 2.05) is 12.1 Å². The number of likely N-dealkylation sites (tertiary alicyclic amines) is 1. The summed E-state index contributed by atoms with van der Waals surface area (Å²) in [6.45, 7) is 0.339. The van der Waals surface area contributed by atoms with Crippen molar-refractivity contribution in [1.29, 1.82) is 5.26 Å². The molecule has 8 heteroatoms. The average molecular weight is 440 g/mol. The largest absolute Gasteiger partial charge is 0.493 e. The molecule has 0 radical (unpaired) electrons. The number of hydrogen-bond donors (Lipinski definition) is 1. The molecule has 0 saturated carbocycles. The minimum absolute atomic E-state index is 0.209. The number of carbonyl (C=O) groups excluding carboxylic acids is 1. The Morgan fingerprint density at radius 1 is 1.06 bits per heavy atom. The van der Waals surface area contributed by atoms with E-state index in [0.717, 1.165) is 0 Å². The summed E-state index contributed by atoms with van der Waals surface area (Å²) >= 11 is 0. The van der Waals surface area contributed by atoms with Gasteiger partial charge in [-0.3, -0.25) is 9.36 Å². The monoisotopic (exact) mass is 440 g/mol. The third kappa shape index (κ3) is 2.59. The number of rotatable bonds is 2. The Morgan fingerprint density at radius 2 is 1.79 bits per heavy atom. The molecule has 3 heterocycles. The zero-order valence-electron chi connectivity index (χ0n) is 17.3. The fourth-order valence-corrected chi connectivity index (χ4v) is 5.22. The Balaban J connectivity index is 1.48. The highest BCUT2D eigenvalue weighted by atomic mass is 19.1. The van der Waals surface area contributed by atoms with Crippen LogP contribution in [0.15, 0.2) is 65.5 Å². The average Bonchev–Trinajstić information content (AvgIpc) is 3.50. The number of nitrogens with zero attached hydrogens (tertiary/aromatic N) is 4. The highest BCUT2D eigenvalue weighted by Gasteiger charge is 2.49. The summed E-state index contributed by atoms with van der Waals surface area (Å²) < 4.78 is 16.1. The Hall–Kier alpha value is -4.38. The number of aromatic nitrogens is 2. The minimum Gasteiger partial charge on any atom is -0.493 e. The van der Waals surface area contributed by atoms with Crippen LogP contribution in [-0.4, -0.2) is 31.6 Å².